The minimum Gasteiger partial charge on any atom is -0.492 e. The number of hydrogen-bond donors (Lipinski definition) is 2. The number of carbonyl (C=O) groups is 2. The first-order valence-electron chi connectivity index (χ1n) is 10.1. The van der Waals surface area contributed by atoms with E-state index in [4.69, 9.17) is 4.74 Å². The number of carbonyl (C=O) groups excluding carboxylic acids is 2. The second-order valence-electron chi connectivity index (χ2n) is 7.05. The zero-order valence-corrected chi connectivity index (χ0v) is 16.6. The number of hydrogen-bond acceptors (Lipinski definition) is 3. The van der Waals surface area contributed by atoms with Gasteiger partial charge < -0.3 is 15.4 Å². The van der Waals surface area contributed by atoms with E-state index in [9.17, 15) is 9.59 Å². The van der Waals surface area contributed by atoms with Gasteiger partial charge in [0.05, 0.1) is 18.3 Å². The fourth-order valence-electron chi connectivity index (χ4n) is 3.65. The molecule has 1 atom stereocenters. The highest BCUT2D eigenvalue weighted by Crippen LogP contribution is 2.26. The van der Waals surface area contributed by atoms with Crippen LogP contribution in [0.2, 0.25) is 0 Å². The van der Waals surface area contributed by atoms with E-state index < -0.39 is 11.8 Å². The Morgan fingerprint density at radius 2 is 1.75 bits per heavy atom. The monoisotopic (exact) mass is 380 g/mol. The summed E-state index contributed by atoms with van der Waals surface area (Å²) in [5.74, 6) is -0.785. The van der Waals surface area contributed by atoms with Crippen LogP contribution >= 0.6 is 0 Å². The maximum Gasteiger partial charge on any atom is 0.313 e. The molecule has 148 valence electrons. The van der Waals surface area contributed by atoms with Crippen LogP contribution in [-0.4, -0.2) is 18.4 Å². The van der Waals surface area contributed by atoms with E-state index in [1.807, 2.05) is 19.9 Å². The van der Waals surface area contributed by atoms with Crippen LogP contribution in [0.3, 0.4) is 0 Å². The van der Waals surface area contributed by atoms with Crippen molar-refractivity contribution in [2.45, 2.75) is 52.0 Å². The third-order valence-corrected chi connectivity index (χ3v) is 5.13. The number of ether oxygens (including phenoxy) is 1. The van der Waals surface area contributed by atoms with Crippen molar-refractivity contribution in [3.05, 3.63) is 59.2 Å². The second kappa shape index (κ2) is 9.40. The number of para-hydroxylation sites is 2. The second-order valence-corrected chi connectivity index (χ2v) is 7.05. The number of aryl methyl sites for hydroxylation is 2. The molecule has 0 fully saturated rings. The highest BCUT2D eigenvalue weighted by Gasteiger charge is 2.21. The molecule has 3 rings (SSSR count). The minimum atomic E-state index is -0.691. The van der Waals surface area contributed by atoms with Crippen LogP contribution in [-0.2, 0) is 22.4 Å². The van der Waals surface area contributed by atoms with Crippen molar-refractivity contribution < 1.29 is 14.3 Å². The molecule has 1 aliphatic carbocycles. The van der Waals surface area contributed by atoms with Crippen molar-refractivity contribution in [2.24, 2.45) is 0 Å². The van der Waals surface area contributed by atoms with Gasteiger partial charge in [0.25, 0.3) is 0 Å². The van der Waals surface area contributed by atoms with Gasteiger partial charge in [-0.1, -0.05) is 37.3 Å². The summed E-state index contributed by atoms with van der Waals surface area (Å²) in [6.07, 6.45) is 5.38. The number of anilines is 1. The lowest BCUT2D eigenvalue weighted by Gasteiger charge is -2.21. The van der Waals surface area contributed by atoms with Crippen LogP contribution in [0.25, 0.3) is 0 Å². The summed E-state index contributed by atoms with van der Waals surface area (Å²) in [7, 11) is 0. The van der Waals surface area contributed by atoms with Crippen molar-refractivity contribution in [1.82, 2.24) is 5.32 Å². The molecule has 1 aliphatic rings. The Balaban J connectivity index is 1.68. The van der Waals surface area contributed by atoms with Crippen LogP contribution in [0.1, 0.15) is 55.8 Å². The summed E-state index contributed by atoms with van der Waals surface area (Å²) in [5.41, 5.74) is 4.32. The molecule has 2 aromatic rings. The van der Waals surface area contributed by atoms with Gasteiger partial charge in [-0.2, -0.15) is 0 Å². The lowest BCUT2D eigenvalue weighted by atomic mass is 9.89. The van der Waals surface area contributed by atoms with E-state index in [1.165, 1.54) is 24.0 Å². The summed E-state index contributed by atoms with van der Waals surface area (Å²) in [6.45, 7) is 4.36. The lowest BCUT2D eigenvalue weighted by molar-refractivity contribution is -0.136. The Labute approximate surface area is 166 Å². The third kappa shape index (κ3) is 4.71. The van der Waals surface area contributed by atoms with E-state index in [2.05, 4.69) is 28.8 Å². The standard InChI is InChI=1S/C23H28N2O3/c1-3-19(18-14-13-16-9-5-6-10-17(16)15-18)24-22(26)23(27)25-20-11-7-8-12-21(20)28-4-2/h7-8,11-15,19H,3-6,9-10H2,1-2H3,(H,24,26)(H,25,27). The zero-order valence-electron chi connectivity index (χ0n) is 16.6. The molecule has 5 heteroatoms. The number of fused-ring (bicyclic) bond motifs is 1. The topological polar surface area (TPSA) is 67.4 Å². The molecule has 0 aromatic heterocycles. The number of rotatable bonds is 6. The molecule has 0 saturated carbocycles. The van der Waals surface area contributed by atoms with E-state index in [0.29, 0.717) is 24.5 Å². The fourth-order valence-corrected chi connectivity index (χ4v) is 3.65. The summed E-state index contributed by atoms with van der Waals surface area (Å²) in [4.78, 5) is 24.9. The Morgan fingerprint density at radius 3 is 2.50 bits per heavy atom. The maximum atomic E-state index is 12.5. The highest BCUT2D eigenvalue weighted by molar-refractivity contribution is 6.39. The van der Waals surface area contributed by atoms with Crippen LogP contribution in [0.5, 0.6) is 5.75 Å². The molecule has 0 spiro atoms. The van der Waals surface area contributed by atoms with Crippen LogP contribution in [0, 0.1) is 0 Å². The molecule has 0 bridgehead atoms. The van der Waals surface area contributed by atoms with E-state index in [1.54, 1.807) is 18.2 Å². The largest absolute Gasteiger partial charge is 0.492 e. The third-order valence-electron chi connectivity index (χ3n) is 5.13. The van der Waals surface area contributed by atoms with Gasteiger partial charge in [-0.05, 0) is 67.9 Å². The molecule has 2 N–H and O–H groups in total. The molecule has 0 heterocycles. The van der Waals surface area contributed by atoms with Crippen molar-refractivity contribution in [1.29, 1.82) is 0 Å². The summed E-state index contributed by atoms with van der Waals surface area (Å²) in [5, 5.41) is 5.52. The molecular weight excluding hydrogens is 352 g/mol. The average molecular weight is 380 g/mol. The van der Waals surface area contributed by atoms with Gasteiger partial charge in [-0.15, -0.1) is 0 Å². The Kier molecular flexibility index (Phi) is 6.69. The van der Waals surface area contributed by atoms with Crippen molar-refractivity contribution in [3.63, 3.8) is 0 Å². The molecule has 28 heavy (non-hydrogen) atoms. The summed E-state index contributed by atoms with van der Waals surface area (Å²) >= 11 is 0. The molecule has 0 saturated heterocycles. The Morgan fingerprint density at radius 1 is 1.00 bits per heavy atom. The quantitative estimate of drug-likeness (QED) is 0.739. The molecule has 5 nitrogen and oxygen atoms in total. The van der Waals surface area contributed by atoms with Crippen molar-refractivity contribution in [3.8, 4) is 5.75 Å². The van der Waals surface area contributed by atoms with Gasteiger partial charge in [0.1, 0.15) is 5.75 Å². The lowest BCUT2D eigenvalue weighted by Crippen LogP contribution is -2.37. The first-order valence-corrected chi connectivity index (χ1v) is 10.1. The van der Waals surface area contributed by atoms with Crippen LogP contribution in [0.4, 0.5) is 5.69 Å². The first kappa shape index (κ1) is 19.9. The van der Waals surface area contributed by atoms with Gasteiger partial charge in [-0.3, -0.25) is 9.59 Å². The summed E-state index contributed by atoms with van der Waals surface area (Å²) < 4.78 is 5.50. The molecule has 2 aromatic carbocycles. The highest BCUT2D eigenvalue weighted by atomic mass is 16.5. The zero-order chi connectivity index (χ0) is 19.9. The fraction of sp³-hybridized carbons (Fsp3) is 0.391. The number of benzene rings is 2. The molecular formula is C23H28N2O3. The average Bonchev–Trinajstić information content (AvgIpc) is 2.73. The normalized spacial score (nSPS) is 13.9. The minimum absolute atomic E-state index is 0.187. The van der Waals surface area contributed by atoms with E-state index >= 15 is 0 Å². The van der Waals surface area contributed by atoms with Gasteiger partial charge in [0, 0.05) is 0 Å². The SMILES string of the molecule is CCOc1ccccc1NC(=O)C(=O)NC(CC)c1ccc2c(c1)CCCC2. The van der Waals surface area contributed by atoms with Gasteiger partial charge in [0.2, 0.25) is 0 Å². The number of amides is 2. The van der Waals surface area contributed by atoms with Crippen molar-refractivity contribution >= 4 is 17.5 Å². The first-order chi connectivity index (χ1) is 13.6. The molecule has 1 unspecified atom stereocenters. The maximum absolute atomic E-state index is 12.5. The predicted molar refractivity (Wildman–Crippen MR) is 110 cm³/mol. The van der Waals surface area contributed by atoms with Gasteiger partial charge in [-0.25, -0.2) is 0 Å². The van der Waals surface area contributed by atoms with E-state index in [-0.39, 0.29) is 6.04 Å². The Bertz CT molecular complexity index is 847. The van der Waals surface area contributed by atoms with Crippen molar-refractivity contribution in [2.75, 3.05) is 11.9 Å². The predicted octanol–water partition coefficient (Wildman–Crippen LogP) is 4.17. The van der Waals surface area contributed by atoms with Gasteiger partial charge >= 0.3 is 11.8 Å². The molecule has 0 aliphatic heterocycles. The molecule has 2 amide bonds. The van der Waals surface area contributed by atoms with Crippen LogP contribution in [0.15, 0.2) is 42.5 Å². The summed E-state index contributed by atoms with van der Waals surface area (Å²) in [6, 6.07) is 13.3. The molecule has 0 radical (unpaired) electrons. The van der Waals surface area contributed by atoms with Crippen LogP contribution < -0.4 is 15.4 Å². The smallest absolute Gasteiger partial charge is 0.313 e. The number of nitrogens with one attached hydrogen (secondary N) is 2. The van der Waals surface area contributed by atoms with E-state index in [0.717, 1.165) is 18.4 Å². The van der Waals surface area contributed by atoms with Gasteiger partial charge in [0.15, 0.2) is 0 Å². The Hall–Kier alpha value is -2.82.